The third-order valence-electron chi connectivity index (χ3n) is 4.30. The minimum Gasteiger partial charge on any atom is -0.345 e. The van der Waals surface area contributed by atoms with Crippen LogP contribution in [-0.4, -0.2) is 33.9 Å². The fourth-order valence-corrected chi connectivity index (χ4v) is 2.78. The predicted molar refractivity (Wildman–Crippen MR) is 92.8 cm³/mol. The zero-order chi connectivity index (χ0) is 16.9. The van der Waals surface area contributed by atoms with Gasteiger partial charge < -0.3 is 10.2 Å². The number of carbonyl (C=O) groups is 1. The molecule has 1 aliphatic rings. The highest BCUT2D eigenvalue weighted by molar-refractivity contribution is 5.92. The number of aryl methyl sites for hydroxylation is 1. The molecule has 0 spiro atoms. The summed E-state index contributed by atoms with van der Waals surface area (Å²) in [5, 5.41) is 2.87. The summed E-state index contributed by atoms with van der Waals surface area (Å²) < 4.78 is 0. The Morgan fingerprint density at radius 1 is 1.29 bits per heavy atom. The minimum absolute atomic E-state index is 0.196. The molecule has 1 amide bonds. The molecule has 0 aromatic carbocycles. The fraction of sp³-hybridized carbons (Fsp3) is 0.444. The van der Waals surface area contributed by atoms with E-state index >= 15 is 0 Å². The van der Waals surface area contributed by atoms with Crippen LogP contribution in [0.5, 0.6) is 0 Å². The van der Waals surface area contributed by atoms with Crippen molar-refractivity contribution in [2.45, 2.75) is 33.2 Å². The van der Waals surface area contributed by atoms with Gasteiger partial charge >= 0.3 is 0 Å². The number of pyridine rings is 1. The molecule has 126 valence electrons. The summed E-state index contributed by atoms with van der Waals surface area (Å²) in [6.45, 7) is 6.44. The van der Waals surface area contributed by atoms with Crippen molar-refractivity contribution in [3.8, 4) is 0 Å². The number of piperidine rings is 1. The van der Waals surface area contributed by atoms with Gasteiger partial charge in [-0.3, -0.25) is 9.78 Å². The molecule has 3 rings (SSSR count). The molecule has 0 atom stereocenters. The lowest BCUT2D eigenvalue weighted by Crippen LogP contribution is -2.35. The Hall–Kier alpha value is -2.50. The zero-order valence-corrected chi connectivity index (χ0v) is 14.2. The summed E-state index contributed by atoms with van der Waals surface area (Å²) in [6.07, 6.45) is 3.99. The Bertz CT molecular complexity index is 696. The van der Waals surface area contributed by atoms with E-state index in [1.807, 2.05) is 25.1 Å². The van der Waals surface area contributed by atoms with Crippen LogP contribution in [0.3, 0.4) is 0 Å². The van der Waals surface area contributed by atoms with E-state index in [4.69, 9.17) is 0 Å². The Morgan fingerprint density at radius 3 is 2.79 bits per heavy atom. The molecular formula is C18H23N5O. The van der Waals surface area contributed by atoms with Crippen LogP contribution in [0.1, 0.15) is 41.6 Å². The Morgan fingerprint density at radius 2 is 2.08 bits per heavy atom. The highest BCUT2D eigenvalue weighted by Gasteiger charge is 2.20. The second kappa shape index (κ2) is 7.38. The maximum Gasteiger partial charge on any atom is 0.270 e. The van der Waals surface area contributed by atoms with Crippen LogP contribution < -0.4 is 10.2 Å². The Balaban J connectivity index is 1.69. The van der Waals surface area contributed by atoms with Crippen LogP contribution >= 0.6 is 0 Å². The van der Waals surface area contributed by atoms with Crippen molar-refractivity contribution in [2.24, 2.45) is 5.92 Å². The number of aromatic nitrogens is 3. The van der Waals surface area contributed by atoms with Crippen molar-refractivity contribution >= 4 is 11.9 Å². The van der Waals surface area contributed by atoms with Crippen molar-refractivity contribution in [2.75, 3.05) is 18.0 Å². The molecule has 0 bridgehead atoms. The summed E-state index contributed by atoms with van der Waals surface area (Å²) in [7, 11) is 0. The molecule has 0 aliphatic carbocycles. The first-order valence-corrected chi connectivity index (χ1v) is 8.40. The van der Waals surface area contributed by atoms with E-state index in [2.05, 4.69) is 32.1 Å². The van der Waals surface area contributed by atoms with Crippen LogP contribution in [-0.2, 0) is 6.54 Å². The van der Waals surface area contributed by atoms with Gasteiger partial charge in [0.15, 0.2) is 0 Å². The lowest BCUT2D eigenvalue weighted by Gasteiger charge is -2.30. The smallest absolute Gasteiger partial charge is 0.270 e. The topological polar surface area (TPSA) is 71.0 Å². The van der Waals surface area contributed by atoms with Gasteiger partial charge in [0.25, 0.3) is 5.91 Å². The minimum atomic E-state index is -0.196. The second-order valence-corrected chi connectivity index (χ2v) is 6.37. The average Bonchev–Trinajstić information content (AvgIpc) is 2.60. The Labute approximate surface area is 142 Å². The van der Waals surface area contributed by atoms with Crippen LogP contribution in [0.15, 0.2) is 30.5 Å². The third kappa shape index (κ3) is 4.07. The summed E-state index contributed by atoms with van der Waals surface area (Å²) in [6, 6.07) is 7.36. The first-order chi connectivity index (χ1) is 11.6. The van der Waals surface area contributed by atoms with Crippen LogP contribution in [0.25, 0.3) is 0 Å². The van der Waals surface area contributed by atoms with Gasteiger partial charge in [-0.15, -0.1) is 0 Å². The number of anilines is 1. The predicted octanol–water partition coefficient (Wildman–Crippen LogP) is 2.35. The maximum atomic E-state index is 12.4. The molecule has 2 aromatic heterocycles. The van der Waals surface area contributed by atoms with Gasteiger partial charge in [-0.25, -0.2) is 9.97 Å². The molecule has 0 unspecified atom stereocenters. The lowest BCUT2D eigenvalue weighted by atomic mass is 10.00. The first kappa shape index (κ1) is 16.4. The molecule has 3 heterocycles. The van der Waals surface area contributed by atoms with E-state index in [0.717, 1.165) is 43.2 Å². The van der Waals surface area contributed by atoms with E-state index in [0.29, 0.717) is 18.2 Å². The van der Waals surface area contributed by atoms with E-state index in [9.17, 15) is 4.79 Å². The number of nitrogens with one attached hydrogen (secondary N) is 1. The number of carbonyl (C=O) groups excluding carboxylic acids is 1. The van der Waals surface area contributed by atoms with Gasteiger partial charge in [0.05, 0.1) is 12.2 Å². The van der Waals surface area contributed by atoms with Crippen LogP contribution in [0.2, 0.25) is 0 Å². The van der Waals surface area contributed by atoms with Crippen LogP contribution in [0, 0.1) is 12.8 Å². The zero-order valence-electron chi connectivity index (χ0n) is 14.2. The van der Waals surface area contributed by atoms with E-state index < -0.39 is 0 Å². The van der Waals surface area contributed by atoms with Crippen molar-refractivity contribution in [1.82, 2.24) is 20.3 Å². The maximum absolute atomic E-state index is 12.4. The monoisotopic (exact) mass is 325 g/mol. The summed E-state index contributed by atoms with van der Waals surface area (Å²) in [5.41, 5.74) is 2.04. The quantitative estimate of drug-likeness (QED) is 0.934. The molecule has 1 N–H and O–H groups in total. The van der Waals surface area contributed by atoms with Gasteiger partial charge in [0, 0.05) is 25.0 Å². The molecule has 6 nitrogen and oxygen atoms in total. The van der Waals surface area contributed by atoms with Gasteiger partial charge in [-0.1, -0.05) is 13.0 Å². The second-order valence-electron chi connectivity index (χ2n) is 6.37. The number of nitrogens with zero attached hydrogens (tertiary/aromatic N) is 4. The number of rotatable bonds is 4. The molecule has 24 heavy (non-hydrogen) atoms. The number of hydrogen-bond donors (Lipinski definition) is 1. The van der Waals surface area contributed by atoms with Gasteiger partial charge in [-0.2, -0.15) is 0 Å². The molecule has 0 radical (unpaired) electrons. The van der Waals surface area contributed by atoms with Crippen LogP contribution in [0.4, 0.5) is 5.95 Å². The molecular weight excluding hydrogens is 302 g/mol. The summed E-state index contributed by atoms with van der Waals surface area (Å²) in [5.74, 6) is 1.20. The summed E-state index contributed by atoms with van der Waals surface area (Å²) in [4.78, 5) is 27.8. The molecule has 1 aliphatic heterocycles. The number of amides is 1. The largest absolute Gasteiger partial charge is 0.345 e. The molecule has 1 saturated heterocycles. The normalized spacial score (nSPS) is 15.3. The van der Waals surface area contributed by atoms with E-state index in [-0.39, 0.29) is 5.91 Å². The molecule has 0 saturated carbocycles. The average molecular weight is 325 g/mol. The van der Waals surface area contributed by atoms with Gasteiger partial charge in [0.1, 0.15) is 5.69 Å². The molecule has 1 fully saturated rings. The van der Waals surface area contributed by atoms with E-state index in [1.165, 1.54) is 0 Å². The SMILES string of the molecule is Cc1cc(C(=O)NCc2ccccn2)nc(N2CCC(C)CC2)n1. The van der Waals surface area contributed by atoms with Crippen molar-refractivity contribution < 1.29 is 4.79 Å². The molecule has 2 aromatic rings. The highest BCUT2D eigenvalue weighted by atomic mass is 16.1. The highest BCUT2D eigenvalue weighted by Crippen LogP contribution is 2.20. The summed E-state index contributed by atoms with van der Waals surface area (Å²) >= 11 is 0. The number of hydrogen-bond acceptors (Lipinski definition) is 5. The van der Waals surface area contributed by atoms with Crippen molar-refractivity contribution in [1.29, 1.82) is 0 Å². The Kier molecular flexibility index (Phi) is 5.03. The first-order valence-electron chi connectivity index (χ1n) is 8.40. The lowest BCUT2D eigenvalue weighted by molar-refractivity contribution is 0.0945. The standard InChI is InChI=1S/C18H23N5O/c1-13-6-9-23(10-7-13)18-21-14(2)11-16(22-18)17(24)20-12-15-5-3-4-8-19-15/h3-5,8,11,13H,6-7,9-10,12H2,1-2H3,(H,20,24). The fourth-order valence-electron chi connectivity index (χ4n) is 2.78. The van der Waals surface area contributed by atoms with E-state index in [1.54, 1.807) is 12.3 Å². The van der Waals surface area contributed by atoms with Gasteiger partial charge in [0.2, 0.25) is 5.95 Å². The van der Waals surface area contributed by atoms with Crippen molar-refractivity contribution in [3.63, 3.8) is 0 Å². The van der Waals surface area contributed by atoms with Crippen molar-refractivity contribution in [3.05, 3.63) is 47.5 Å². The third-order valence-corrected chi connectivity index (χ3v) is 4.30. The molecule has 6 heteroatoms. The van der Waals surface area contributed by atoms with Gasteiger partial charge in [-0.05, 0) is 43.9 Å².